The molecule has 2 rings (SSSR count). The van der Waals surface area contributed by atoms with Gasteiger partial charge in [0.1, 0.15) is 0 Å². The maximum Gasteiger partial charge on any atom is 0.0223 e. The van der Waals surface area contributed by atoms with Crippen molar-refractivity contribution in [3.05, 3.63) is 0 Å². The predicted octanol–water partition coefficient (Wildman–Crippen LogP) is 2.96. The molecule has 2 heterocycles. The first-order chi connectivity index (χ1) is 9.99. The van der Waals surface area contributed by atoms with Crippen molar-refractivity contribution >= 4 is 0 Å². The van der Waals surface area contributed by atoms with Crippen molar-refractivity contribution < 1.29 is 0 Å². The molecule has 0 radical (unpaired) electrons. The number of nitrogens with one attached hydrogen (secondary N) is 1. The van der Waals surface area contributed by atoms with Crippen LogP contribution in [0.1, 0.15) is 59.8 Å². The zero-order chi connectivity index (χ0) is 15.5. The Morgan fingerprint density at radius 1 is 1.10 bits per heavy atom. The highest BCUT2D eigenvalue weighted by molar-refractivity contribution is 4.93. The van der Waals surface area contributed by atoms with E-state index >= 15 is 0 Å². The van der Waals surface area contributed by atoms with Crippen LogP contribution in [0.15, 0.2) is 0 Å². The molecular formula is C18H37N3. The molecule has 2 aliphatic heterocycles. The van der Waals surface area contributed by atoms with Gasteiger partial charge in [-0.2, -0.15) is 0 Å². The highest BCUT2D eigenvalue weighted by Crippen LogP contribution is 2.32. The molecule has 21 heavy (non-hydrogen) atoms. The van der Waals surface area contributed by atoms with Gasteiger partial charge in [-0.25, -0.2) is 0 Å². The van der Waals surface area contributed by atoms with Crippen LogP contribution in [0.2, 0.25) is 0 Å². The smallest absolute Gasteiger partial charge is 0.0223 e. The first kappa shape index (κ1) is 17.2. The molecule has 2 aliphatic rings. The highest BCUT2D eigenvalue weighted by atomic mass is 15.3. The SMILES string of the molecule is CCC(CC)(CNC(C)C)CN1CCC2CCC(C1)N2C. The number of hydrogen-bond donors (Lipinski definition) is 1. The van der Waals surface area contributed by atoms with Crippen LogP contribution in [-0.2, 0) is 0 Å². The average molecular weight is 296 g/mol. The van der Waals surface area contributed by atoms with Crippen LogP contribution in [0.25, 0.3) is 0 Å². The van der Waals surface area contributed by atoms with E-state index in [1.165, 1.54) is 51.7 Å². The van der Waals surface area contributed by atoms with Gasteiger partial charge >= 0.3 is 0 Å². The van der Waals surface area contributed by atoms with E-state index in [-0.39, 0.29) is 0 Å². The van der Waals surface area contributed by atoms with Crippen molar-refractivity contribution in [3.8, 4) is 0 Å². The van der Waals surface area contributed by atoms with E-state index in [0.29, 0.717) is 11.5 Å². The van der Waals surface area contributed by atoms with Crippen LogP contribution in [0, 0.1) is 5.41 Å². The summed E-state index contributed by atoms with van der Waals surface area (Å²) in [7, 11) is 2.35. The zero-order valence-electron chi connectivity index (χ0n) is 15.0. The molecule has 3 heteroatoms. The summed E-state index contributed by atoms with van der Waals surface area (Å²) < 4.78 is 0. The minimum Gasteiger partial charge on any atom is -0.314 e. The Hall–Kier alpha value is -0.120. The lowest BCUT2D eigenvalue weighted by atomic mass is 9.81. The standard InChI is InChI=1S/C18H37N3/c1-6-18(7-2,13-19-15(3)4)14-21-11-10-16-8-9-17(12-21)20(16)5/h15-17,19H,6-14H2,1-5H3. The number of nitrogens with zero attached hydrogens (tertiary/aromatic N) is 2. The summed E-state index contributed by atoms with van der Waals surface area (Å²) in [6.45, 7) is 14.3. The summed E-state index contributed by atoms with van der Waals surface area (Å²) >= 11 is 0. The lowest BCUT2D eigenvalue weighted by Gasteiger charge is -2.39. The maximum absolute atomic E-state index is 3.70. The van der Waals surface area contributed by atoms with Gasteiger partial charge in [0.15, 0.2) is 0 Å². The van der Waals surface area contributed by atoms with Crippen molar-refractivity contribution in [3.63, 3.8) is 0 Å². The third-order valence-electron chi connectivity index (χ3n) is 6.18. The van der Waals surface area contributed by atoms with Gasteiger partial charge in [-0.15, -0.1) is 0 Å². The van der Waals surface area contributed by atoms with E-state index in [1.807, 2.05) is 0 Å². The van der Waals surface area contributed by atoms with Crippen molar-refractivity contribution in [1.82, 2.24) is 15.1 Å². The molecule has 0 aromatic rings. The molecule has 2 atom stereocenters. The van der Waals surface area contributed by atoms with E-state index in [9.17, 15) is 0 Å². The van der Waals surface area contributed by atoms with E-state index in [2.05, 4.69) is 49.9 Å². The number of likely N-dealkylation sites (tertiary alicyclic amines) is 1. The fourth-order valence-corrected chi connectivity index (χ4v) is 4.20. The molecule has 3 nitrogen and oxygen atoms in total. The van der Waals surface area contributed by atoms with Crippen LogP contribution in [-0.4, -0.2) is 61.2 Å². The summed E-state index contributed by atoms with van der Waals surface area (Å²) in [4.78, 5) is 5.43. The molecule has 0 amide bonds. The second-order valence-corrected chi connectivity index (χ2v) is 7.82. The number of hydrogen-bond acceptors (Lipinski definition) is 3. The van der Waals surface area contributed by atoms with E-state index < -0.39 is 0 Å². The monoisotopic (exact) mass is 295 g/mol. The minimum atomic E-state index is 0.451. The minimum absolute atomic E-state index is 0.451. The molecule has 0 aromatic heterocycles. The maximum atomic E-state index is 3.70. The van der Waals surface area contributed by atoms with E-state index in [4.69, 9.17) is 0 Å². The lowest BCUT2D eigenvalue weighted by Crippen LogP contribution is -2.47. The Bertz CT molecular complexity index is 312. The fraction of sp³-hybridized carbons (Fsp3) is 1.00. The van der Waals surface area contributed by atoms with Gasteiger partial charge in [-0.1, -0.05) is 27.7 Å². The van der Waals surface area contributed by atoms with E-state index in [1.54, 1.807) is 0 Å². The number of likely N-dealkylation sites (N-methyl/N-ethyl adjacent to an activating group) is 1. The van der Waals surface area contributed by atoms with Gasteiger partial charge in [0, 0.05) is 37.8 Å². The van der Waals surface area contributed by atoms with Crippen molar-refractivity contribution in [2.75, 3.05) is 33.2 Å². The molecule has 2 unspecified atom stereocenters. The van der Waals surface area contributed by atoms with Crippen LogP contribution in [0.4, 0.5) is 0 Å². The Balaban J connectivity index is 1.96. The first-order valence-corrected chi connectivity index (χ1v) is 9.17. The number of fused-ring (bicyclic) bond motifs is 2. The molecule has 0 saturated carbocycles. The van der Waals surface area contributed by atoms with Gasteiger partial charge in [0.25, 0.3) is 0 Å². The van der Waals surface area contributed by atoms with Crippen LogP contribution in [0.5, 0.6) is 0 Å². The topological polar surface area (TPSA) is 18.5 Å². The third-order valence-corrected chi connectivity index (χ3v) is 6.18. The Kier molecular flexibility index (Phi) is 6.10. The summed E-state index contributed by atoms with van der Waals surface area (Å²) in [5, 5.41) is 3.70. The average Bonchev–Trinajstić information content (AvgIpc) is 2.71. The van der Waals surface area contributed by atoms with Gasteiger partial charge < -0.3 is 10.2 Å². The van der Waals surface area contributed by atoms with Gasteiger partial charge in [-0.05, 0) is 51.1 Å². The van der Waals surface area contributed by atoms with Crippen LogP contribution in [0.3, 0.4) is 0 Å². The molecule has 0 aliphatic carbocycles. The summed E-state index contributed by atoms with van der Waals surface area (Å²) in [6.07, 6.45) is 6.77. The Labute approximate surface area is 132 Å². The number of rotatable bonds is 7. The van der Waals surface area contributed by atoms with E-state index in [0.717, 1.165) is 18.6 Å². The van der Waals surface area contributed by atoms with Crippen molar-refractivity contribution in [2.45, 2.75) is 77.9 Å². The highest BCUT2D eigenvalue weighted by Gasteiger charge is 2.37. The molecule has 2 fully saturated rings. The second-order valence-electron chi connectivity index (χ2n) is 7.82. The molecule has 2 bridgehead atoms. The Morgan fingerprint density at radius 2 is 1.76 bits per heavy atom. The largest absolute Gasteiger partial charge is 0.314 e. The van der Waals surface area contributed by atoms with Crippen molar-refractivity contribution in [2.24, 2.45) is 5.41 Å². The summed E-state index contributed by atoms with van der Waals surface area (Å²) in [5.41, 5.74) is 0.451. The zero-order valence-corrected chi connectivity index (χ0v) is 15.0. The van der Waals surface area contributed by atoms with Gasteiger partial charge in [-0.3, -0.25) is 4.90 Å². The second kappa shape index (κ2) is 7.43. The third kappa shape index (κ3) is 4.20. The first-order valence-electron chi connectivity index (χ1n) is 9.17. The molecule has 0 aromatic carbocycles. The van der Waals surface area contributed by atoms with Crippen molar-refractivity contribution in [1.29, 1.82) is 0 Å². The quantitative estimate of drug-likeness (QED) is 0.779. The fourth-order valence-electron chi connectivity index (χ4n) is 4.20. The van der Waals surface area contributed by atoms with Gasteiger partial charge in [0.05, 0.1) is 0 Å². The molecule has 0 spiro atoms. The van der Waals surface area contributed by atoms with Crippen LogP contribution >= 0.6 is 0 Å². The molecule has 2 saturated heterocycles. The summed E-state index contributed by atoms with van der Waals surface area (Å²) in [6, 6.07) is 2.25. The Morgan fingerprint density at radius 3 is 2.38 bits per heavy atom. The van der Waals surface area contributed by atoms with Crippen LogP contribution < -0.4 is 5.32 Å². The lowest BCUT2D eigenvalue weighted by molar-refractivity contribution is 0.122. The summed E-state index contributed by atoms with van der Waals surface area (Å²) in [5.74, 6) is 0. The van der Waals surface area contributed by atoms with Gasteiger partial charge in [0.2, 0.25) is 0 Å². The molecular weight excluding hydrogens is 258 g/mol. The normalized spacial score (nSPS) is 28.3. The molecule has 1 N–H and O–H groups in total. The molecule has 124 valence electrons. The predicted molar refractivity (Wildman–Crippen MR) is 91.8 cm³/mol.